The van der Waals surface area contributed by atoms with Crippen molar-refractivity contribution < 1.29 is 22.6 Å². The van der Waals surface area contributed by atoms with Crippen molar-refractivity contribution in [2.45, 2.75) is 18.7 Å². The zero-order chi connectivity index (χ0) is 18.6. The highest BCUT2D eigenvalue weighted by Crippen LogP contribution is 2.36. The average molecular weight is 365 g/mol. The van der Waals surface area contributed by atoms with Crippen molar-refractivity contribution in [3.05, 3.63) is 42.0 Å². The van der Waals surface area contributed by atoms with Gasteiger partial charge in [0.2, 0.25) is 0 Å². The summed E-state index contributed by atoms with van der Waals surface area (Å²) < 4.78 is 43.4. The lowest BCUT2D eigenvalue weighted by molar-refractivity contribution is 0.404. The molecule has 0 aliphatic carbocycles. The molecule has 0 saturated carbocycles. The van der Waals surface area contributed by atoms with Crippen LogP contribution in [0.1, 0.15) is 12.5 Å². The Hall–Kier alpha value is -2.41. The largest absolute Gasteiger partial charge is 0.497 e. The predicted octanol–water partition coefficient (Wildman–Crippen LogP) is 3.24. The summed E-state index contributed by atoms with van der Waals surface area (Å²) in [5, 5.41) is 0. The van der Waals surface area contributed by atoms with Gasteiger partial charge in [-0.1, -0.05) is 0 Å². The maximum Gasteiger partial charge on any atom is 0.264 e. The Morgan fingerprint density at radius 1 is 0.920 bits per heavy atom. The first-order valence-corrected chi connectivity index (χ1v) is 9.22. The van der Waals surface area contributed by atoms with Crippen molar-refractivity contribution in [1.29, 1.82) is 0 Å². The Morgan fingerprint density at radius 2 is 1.56 bits per heavy atom. The molecule has 2 aromatic rings. The average Bonchev–Trinajstić information content (AvgIpc) is 2.61. The summed E-state index contributed by atoms with van der Waals surface area (Å²) in [6, 6.07) is 9.85. The minimum absolute atomic E-state index is 0.192. The molecule has 0 atom stereocenters. The molecule has 0 radical (unpaired) electrons. The lowest BCUT2D eigenvalue weighted by atomic mass is 10.2. The first kappa shape index (κ1) is 18.9. The van der Waals surface area contributed by atoms with Crippen molar-refractivity contribution in [3.63, 3.8) is 0 Å². The van der Waals surface area contributed by atoms with Gasteiger partial charge in [0.15, 0.2) is 0 Å². The minimum Gasteiger partial charge on any atom is -0.497 e. The van der Waals surface area contributed by atoms with Gasteiger partial charge in [0.05, 0.1) is 31.9 Å². The van der Waals surface area contributed by atoms with Crippen molar-refractivity contribution in [2.75, 3.05) is 32.2 Å². The number of methoxy groups -OCH3 is 3. The van der Waals surface area contributed by atoms with E-state index in [0.717, 1.165) is 5.56 Å². The molecule has 0 amide bonds. The molecule has 6 nitrogen and oxygen atoms in total. The van der Waals surface area contributed by atoms with Gasteiger partial charge in [0.1, 0.15) is 17.2 Å². The third-order valence-electron chi connectivity index (χ3n) is 3.90. The molecule has 0 aliphatic rings. The molecule has 2 rings (SSSR count). The fourth-order valence-corrected chi connectivity index (χ4v) is 4.16. The Bertz CT molecular complexity index is 849. The number of nitrogens with zero attached hydrogens (tertiary/aromatic N) is 1. The second kappa shape index (κ2) is 7.65. The van der Waals surface area contributed by atoms with Crippen molar-refractivity contribution in [1.82, 2.24) is 0 Å². The van der Waals surface area contributed by atoms with Crippen molar-refractivity contribution in [2.24, 2.45) is 0 Å². The first-order valence-electron chi connectivity index (χ1n) is 7.78. The molecule has 25 heavy (non-hydrogen) atoms. The van der Waals surface area contributed by atoms with Gasteiger partial charge in [-0.2, -0.15) is 0 Å². The fourth-order valence-electron chi connectivity index (χ4n) is 2.60. The highest BCUT2D eigenvalue weighted by molar-refractivity contribution is 7.92. The van der Waals surface area contributed by atoms with E-state index in [4.69, 9.17) is 14.2 Å². The summed E-state index contributed by atoms with van der Waals surface area (Å²) in [4.78, 5) is 0.192. The Morgan fingerprint density at radius 3 is 2.08 bits per heavy atom. The quantitative estimate of drug-likeness (QED) is 0.754. The van der Waals surface area contributed by atoms with Crippen LogP contribution >= 0.6 is 0 Å². The number of ether oxygens (including phenoxy) is 3. The van der Waals surface area contributed by atoms with Crippen LogP contribution in [0.5, 0.6) is 17.2 Å². The summed E-state index contributed by atoms with van der Waals surface area (Å²) in [6.07, 6.45) is 0. The van der Waals surface area contributed by atoms with E-state index in [1.807, 2.05) is 0 Å². The number of hydrogen-bond donors (Lipinski definition) is 0. The third kappa shape index (κ3) is 3.66. The molecule has 7 heteroatoms. The van der Waals surface area contributed by atoms with E-state index in [-0.39, 0.29) is 11.4 Å². The third-order valence-corrected chi connectivity index (χ3v) is 5.78. The van der Waals surface area contributed by atoms with Crippen LogP contribution in [0.4, 0.5) is 5.69 Å². The highest BCUT2D eigenvalue weighted by atomic mass is 32.2. The molecule has 0 unspecified atom stereocenters. The molecule has 0 fully saturated rings. The van der Waals surface area contributed by atoms with Crippen molar-refractivity contribution >= 4 is 15.7 Å². The Balaban J connectivity index is 2.58. The van der Waals surface area contributed by atoms with Gasteiger partial charge in [-0.3, -0.25) is 4.31 Å². The summed E-state index contributed by atoms with van der Waals surface area (Å²) >= 11 is 0. The number of hydrogen-bond acceptors (Lipinski definition) is 5. The molecular weight excluding hydrogens is 342 g/mol. The highest BCUT2D eigenvalue weighted by Gasteiger charge is 2.27. The van der Waals surface area contributed by atoms with E-state index < -0.39 is 10.0 Å². The van der Waals surface area contributed by atoms with Crippen molar-refractivity contribution in [3.8, 4) is 17.2 Å². The molecule has 0 N–H and O–H groups in total. The maximum absolute atomic E-state index is 13.2. The van der Waals surface area contributed by atoms with Crippen LogP contribution in [0.2, 0.25) is 0 Å². The van der Waals surface area contributed by atoms with E-state index in [0.29, 0.717) is 22.9 Å². The zero-order valence-corrected chi connectivity index (χ0v) is 15.9. The lowest BCUT2D eigenvalue weighted by Gasteiger charge is -2.25. The van der Waals surface area contributed by atoms with Gasteiger partial charge in [-0.05, 0) is 49.7 Å². The van der Waals surface area contributed by atoms with Crippen LogP contribution in [0.15, 0.2) is 41.3 Å². The molecule has 2 aromatic carbocycles. The van der Waals surface area contributed by atoms with E-state index in [1.54, 1.807) is 51.3 Å². The molecule has 0 saturated heterocycles. The van der Waals surface area contributed by atoms with Crippen LogP contribution in [-0.4, -0.2) is 36.3 Å². The van der Waals surface area contributed by atoms with E-state index in [1.165, 1.54) is 24.6 Å². The number of aryl methyl sites for hydroxylation is 1. The smallest absolute Gasteiger partial charge is 0.264 e. The van der Waals surface area contributed by atoms with Gasteiger partial charge in [-0.15, -0.1) is 0 Å². The van der Waals surface area contributed by atoms with E-state index >= 15 is 0 Å². The first-order chi connectivity index (χ1) is 11.9. The normalized spacial score (nSPS) is 11.1. The van der Waals surface area contributed by atoms with Crippen LogP contribution < -0.4 is 18.5 Å². The number of rotatable bonds is 7. The van der Waals surface area contributed by atoms with Crippen LogP contribution in [-0.2, 0) is 10.0 Å². The molecular formula is C18H23NO5S. The molecule has 136 valence electrons. The molecule has 0 heterocycles. The topological polar surface area (TPSA) is 65.1 Å². The van der Waals surface area contributed by atoms with Gasteiger partial charge < -0.3 is 14.2 Å². The summed E-state index contributed by atoms with van der Waals surface area (Å²) in [7, 11) is 0.819. The summed E-state index contributed by atoms with van der Waals surface area (Å²) in [5.41, 5.74) is 1.18. The summed E-state index contributed by atoms with van der Waals surface area (Å²) in [5.74, 6) is 1.65. The standard InChI is InChI=1S/C18H23NO5S/c1-6-19(16-12-14(22-3)7-9-18(16)24-5)25(20,21)15-8-10-17(23-4)13(2)11-15/h7-12H,6H2,1-5H3. The van der Waals surface area contributed by atoms with Gasteiger partial charge in [-0.25, -0.2) is 8.42 Å². The molecule has 0 aromatic heterocycles. The maximum atomic E-state index is 13.2. The van der Waals surface area contributed by atoms with Gasteiger partial charge in [0, 0.05) is 12.6 Å². The van der Waals surface area contributed by atoms with Crippen LogP contribution in [0.3, 0.4) is 0 Å². The Kier molecular flexibility index (Phi) is 5.79. The lowest BCUT2D eigenvalue weighted by Crippen LogP contribution is -2.31. The fraction of sp³-hybridized carbons (Fsp3) is 0.333. The summed E-state index contributed by atoms with van der Waals surface area (Å²) in [6.45, 7) is 3.82. The molecule has 0 aliphatic heterocycles. The predicted molar refractivity (Wildman–Crippen MR) is 97.5 cm³/mol. The molecule has 0 bridgehead atoms. The second-order valence-corrected chi connectivity index (χ2v) is 7.20. The SMILES string of the molecule is CCN(c1cc(OC)ccc1OC)S(=O)(=O)c1ccc(OC)c(C)c1. The van der Waals surface area contributed by atoms with Crippen LogP contribution in [0, 0.1) is 6.92 Å². The van der Waals surface area contributed by atoms with E-state index in [9.17, 15) is 8.42 Å². The Labute approximate surface area is 149 Å². The number of sulfonamides is 1. The number of anilines is 1. The van der Waals surface area contributed by atoms with E-state index in [2.05, 4.69) is 0 Å². The zero-order valence-electron chi connectivity index (χ0n) is 15.1. The monoisotopic (exact) mass is 365 g/mol. The number of benzene rings is 2. The second-order valence-electron chi connectivity index (χ2n) is 5.34. The van der Waals surface area contributed by atoms with Gasteiger partial charge >= 0.3 is 0 Å². The van der Waals surface area contributed by atoms with Gasteiger partial charge in [0.25, 0.3) is 10.0 Å². The van der Waals surface area contributed by atoms with Crippen LogP contribution in [0.25, 0.3) is 0 Å². The minimum atomic E-state index is -3.77. The molecule has 0 spiro atoms.